The van der Waals surface area contributed by atoms with Crippen molar-refractivity contribution in [1.29, 1.82) is 0 Å². The molecule has 0 aliphatic carbocycles. The number of ether oxygens (including phenoxy) is 4. The molecule has 0 saturated carbocycles. The lowest BCUT2D eigenvalue weighted by molar-refractivity contribution is -0.161. The Hall–Kier alpha value is -2.46. The topological polar surface area (TPSA) is 237 Å². The normalized spacial score (nSPS) is 14.5. The summed E-state index contributed by atoms with van der Waals surface area (Å²) >= 11 is 0. The lowest BCUT2D eigenvalue weighted by Gasteiger charge is -2.21. The summed E-state index contributed by atoms with van der Waals surface area (Å²) in [6.45, 7) is 7.20. The lowest BCUT2D eigenvalue weighted by atomic mass is 9.99. The van der Waals surface area contributed by atoms with Gasteiger partial charge in [0.1, 0.15) is 19.3 Å². The van der Waals surface area contributed by atoms with Gasteiger partial charge in [-0.2, -0.15) is 0 Å². The number of hydrogen-bond donors (Lipinski definition) is 3. The highest BCUT2D eigenvalue weighted by Crippen LogP contribution is 2.45. The molecule has 530 valence electrons. The molecule has 0 fully saturated rings. The van der Waals surface area contributed by atoms with Gasteiger partial charge in [0.2, 0.25) is 0 Å². The Morgan fingerprint density at radius 1 is 0.356 bits per heavy atom. The smallest absolute Gasteiger partial charge is 0.462 e. The minimum absolute atomic E-state index is 0.0851. The third kappa shape index (κ3) is 63.0. The van der Waals surface area contributed by atoms with Crippen molar-refractivity contribution < 1.29 is 80.2 Å². The highest BCUT2D eigenvalue weighted by atomic mass is 31.2. The molecule has 0 rings (SSSR count). The van der Waals surface area contributed by atoms with Crippen LogP contribution in [-0.4, -0.2) is 96.7 Å². The fourth-order valence-electron chi connectivity index (χ4n) is 10.2. The number of hydrogen-bond acceptors (Lipinski definition) is 15. The van der Waals surface area contributed by atoms with Gasteiger partial charge >= 0.3 is 39.5 Å². The monoisotopic (exact) mass is 1320 g/mol. The number of carbonyl (C=O) groups excluding carboxylic acids is 4. The second-order valence-electron chi connectivity index (χ2n) is 25.2. The van der Waals surface area contributed by atoms with Crippen LogP contribution in [0.3, 0.4) is 0 Å². The molecule has 0 radical (unpaired) electrons. The van der Waals surface area contributed by atoms with E-state index in [0.29, 0.717) is 25.7 Å². The average molecular weight is 1320 g/mol. The van der Waals surface area contributed by atoms with E-state index in [1.807, 2.05) is 0 Å². The number of rotatable bonds is 69. The SMILES string of the molecule is CCCCCC/C=C\C=C/CCCCCCCC(=O)O[C@H](COC(=O)CCCCCCCCCCCCC(C)CC)COP(=O)(O)OC[C@@H](O)COP(=O)(O)OC[C@@H](COC(=O)CCCCCCCCCCCC)OC(=O)CCCCCCCCCCCCC. The van der Waals surface area contributed by atoms with E-state index in [2.05, 4.69) is 58.9 Å². The molecule has 0 aromatic heterocycles. The van der Waals surface area contributed by atoms with Crippen molar-refractivity contribution in [2.75, 3.05) is 39.6 Å². The summed E-state index contributed by atoms with van der Waals surface area (Å²) in [6.07, 6.45) is 53.3. The largest absolute Gasteiger partial charge is 0.472 e. The number of unbranched alkanes of at least 4 members (excludes halogenated alkanes) is 37. The van der Waals surface area contributed by atoms with Crippen LogP contribution < -0.4 is 0 Å². The molecule has 0 bridgehead atoms. The Labute approximate surface area is 548 Å². The highest BCUT2D eigenvalue weighted by Gasteiger charge is 2.30. The first-order chi connectivity index (χ1) is 43.6. The zero-order valence-corrected chi connectivity index (χ0v) is 59.5. The van der Waals surface area contributed by atoms with Crippen LogP contribution in [0, 0.1) is 5.92 Å². The van der Waals surface area contributed by atoms with E-state index in [4.69, 9.17) is 37.0 Å². The average Bonchev–Trinajstić information content (AvgIpc) is 3.68. The van der Waals surface area contributed by atoms with E-state index in [1.165, 1.54) is 154 Å². The molecule has 6 atom stereocenters. The quantitative estimate of drug-likeness (QED) is 0.0169. The maximum absolute atomic E-state index is 13.0. The van der Waals surface area contributed by atoms with Crippen molar-refractivity contribution in [2.45, 2.75) is 361 Å². The second-order valence-corrected chi connectivity index (χ2v) is 28.1. The Morgan fingerprint density at radius 3 is 0.944 bits per heavy atom. The standard InChI is InChI=1S/C71H134O17P2/c1-6-10-13-16-19-22-25-26-27-28-30-37-42-47-52-57-71(76)88-67(61-82-69(74)55-50-45-40-35-32-31-33-38-43-48-53-64(5)9-4)63-86-90(79,80)84-59-65(72)58-83-89(77,78)85-62-66(60-81-68(73)54-49-44-39-34-24-21-18-15-12-8-3)87-70(75)56-51-46-41-36-29-23-20-17-14-11-7-2/h22,25-27,64-67,72H,6-21,23-24,28-63H2,1-5H3,(H,77,78)(H,79,80)/b25-22-,27-26-/t64?,65-,66+,67+/m0/s1. The molecule has 0 heterocycles. The van der Waals surface area contributed by atoms with Crippen LogP contribution in [0.5, 0.6) is 0 Å². The molecular weight excluding hydrogens is 1190 g/mol. The molecule has 3 N–H and O–H groups in total. The lowest BCUT2D eigenvalue weighted by Crippen LogP contribution is -2.30. The fourth-order valence-corrected chi connectivity index (χ4v) is 11.8. The van der Waals surface area contributed by atoms with Crippen molar-refractivity contribution in [1.82, 2.24) is 0 Å². The van der Waals surface area contributed by atoms with Crippen LogP contribution in [0.1, 0.15) is 343 Å². The van der Waals surface area contributed by atoms with Crippen LogP contribution >= 0.6 is 15.6 Å². The van der Waals surface area contributed by atoms with E-state index in [-0.39, 0.29) is 25.7 Å². The molecule has 0 amide bonds. The first kappa shape index (κ1) is 87.5. The fraction of sp³-hybridized carbons (Fsp3) is 0.887. The van der Waals surface area contributed by atoms with Gasteiger partial charge in [-0.15, -0.1) is 0 Å². The van der Waals surface area contributed by atoms with Crippen LogP contribution in [0.2, 0.25) is 0 Å². The Balaban J connectivity index is 5.29. The third-order valence-corrected chi connectivity index (χ3v) is 18.2. The minimum Gasteiger partial charge on any atom is -0.462 e. The first-order valence-electron chi connectivity index (χ1n) is 36.5. The molecule has 17 nitrogen and oxygen atoms in total. The van der Waals surface area contributed by atoms with Gasteiger partial charge < -0.3 is 33.8 Å². The third-order valence-electron chi connectivity index (χ3n) is 16.3. The maximum Gasteiger partial charge on any atom is 0.472 e. The van der Waals surface area contributed by atoms with Crippen molar-refractivity contribution in [3.8, 4) is 0 Å². The van der Waals surface area contributed by atoms with Gasteiger partial charge in [-0.05, 0) is 57.3 Å². The van der Waals surface area contributed by atoms with E-state index in [9.17, 15) is 43.2 Å². The molecule has 19 heteroatoms. The Morgan fingerprint density at radius 2 is 0.622 bits per heavy atom. The maximum atomic E-state index is 13.0. The zero-order valence-electron chi connectivity index (χ0n) is 57.8. The number of phosphoric ester groups is 2. The molecule has 0 aliphatic heterocycles. The van der Waals surface area contributed by atoms with Crippen LogP contribution in [0.15, 0.2) is 24.3 Å². The minimum atomic E-state index is -4.96. The molecule has 0 spiro atoms. The Kier molecular flexibility index (Phi) is 62.2. The molecule has 3 unspecified atom stereocenters. The Bertz CT molecular complexity index is 1830. The van der Waals surface area contributed by atoms with Gasteiger partial charge in [-0.1, -0.05) is 290 Å². The van der Waals surface area contributed by atoms with Crippen LogP contribution in [-0.2, 0) is 65.4 Å². The summed E-state index contributed by atoms with van der Waals surface area (Å²) in [5, 5.41) is 10.6. The van der Waals surface area contributed by atoms with E-state index >= 15 is 0 Å². The molecule has 90 heavy (non-hydrogen) atoms. The van der Waals surface area contributed by atoms with Crippen LogP contribution in [0.25, 0.3) is 0 Å². The highest BCUT2D eigenvalue weighted by molar-refractivity contribution is 7.47. The van der Waals surface area contributed by atoms with Gasteiger partial charge in [0, 0.05) is 25.7 Å². The van der Waals surface area contributed by atoms with Gasteiger partial charge in [0.15, 0.2) is 12.2 Å². The van der Waals surface area contributed by atoms with Crippen molar-refractivity contribution in [3.63, 3.8) is 0 Å². The van der Waals surface area contributed by atoms with Crippen molar-refractivity contribution in [3.05, 3.63) is 24.3 Å². The first-order valence-corrected chi connectivity index (χ1v) is 39.5. The predicted molar refractivity (Wildman–Crippen MR) is 363 cm³/mol. The van der Waals surface area contributed by atoms with Gasteiger partial charge in [0.05, 0.1) is 26.4 Å². The van der Waals surface area contributed by atoms with Gasteiger partial charge in [0.25, 0.3) is 0 Å². The summed E-state index contributed by atoms with van der Waals surface area (Å²) in [7, 11) is -9.91. The molecule has 0 aromatic carbocycles. The van der Waals surface area contributed by atoms with Crippen molar-refractivity contribution in [2.24, 2.45) is 5.92 Å². The van der Waals surface area contributed by atoms with E-state index in [1.54, 1.807) is 0 Å². The summed E-state index contributed by atoms with van der Waals surface area (Å²) in [5.41, 5.74) is 0. The van der Waals surface area contributed by atoms with Gasteiger partial charge in [-0.3, -0.25) is 37.3 Å². The summed E-state index contributed by atoms with van der Waals surface area (Å²) in [6, 6.07) is 0. The zero-order chi connectivity index (χ0) is 66.3. The number of aliphatic hydroxyl groups is 1. The number of aliphatic hydroxyl groups excluding tert-OH is 1. The second kappa shape index (κ2) is 63.9. The molecular formula is C71H134O17P2. The molecule has 0 aliphatic rings. The van der Waals surface area contributed by atoms with E-state index in [0.717, 1.165) is 109 Å². The number of allylic oxidation sites excluding steroid dienone is 4. The number of phosphoric acid groups is 2. The summed E-state index contributed by atoms with van der Waals surface area (Å²) < 4.78 is 68.3. The van der Waals surface area contributed by atoms with Gasteiger partial charge in [-0.25, -0.2) is 9.13 Å². The number of carbonyl (C=O) groups is 4. The summed E-state index contributed by atoms with van der Waals surface area (Å²) in [4.78, 5) is 72.5. The van der Waals surface area contributed by atoms with Crippen LogP contribution in [0.4, 0.5) is 0 Å². The predicted octanol–water partition coefficient (Wildman–Crippen LogP) is 20.1. The molecule has 0 saturated heterocycles. The molecule has 0 aromatic rings. The number of esters is 4. The van der Waals surface area contributed by atoms with E-state index < -0.39 is 97.5 Å². The van der Waals surface area contributed by atoms with Crippen molar-refractivity contribution >= 4 is 39.5 Å². The summed E-state index contributed by atoms with van der Waals surface area (Å²) in [5.74, 6) is -1.34.